The maximum atomic E-state index is 11.8. The molecule has 0 aliphatic heterocycles. The molecule has 1 aromatic carbocycles. The zero-order valence-electron chi connectivity index (χ0n) is 12.4. The van der Waals surface area contributed by atoms with Crippen molar-refractivity contribution in [3.05, 3.63) is 52.3 Å². The van der Waals surface area contributed by atoms with Gasteiger partial charge in [-0.15, -0.1) is 0 Å². The fourth-order valence-corrected chi connectivity index (χ4v) is 2.33. The van der Waals surface area contributed by atoms with Crippen molar-refractivity contribution in [2.75, 3.05) is 6.54 Å². The molecule has 1 heterocycles. The van der Waals surface area contributed by atoms with E-state index in [4.69, 9.17) is 11.6 Å². The van der Waals surface area contributed by atoms with E-state index in [1.165, 1.54) is 0 Å². The standard InChI is InChI=1S/C16H20ClN3O/c1-12-16(17)13(2)20(19-12)10-6-9-18-15(21)11-14-7-4-3-5-8-14/h3-5,7-8H,6,9-11H2,1-2H3,(H,18,21). The molecule has 0 fully saturated rings. The summed E-state index contributed by atoms with van der Waals surface area (Å²) in [6.45, 7) is 5.25. The highest BCUT2D eigenvalue weighted by atomic mass is 35.5. The summed E-state index contributed by atoms with van der Waals surface area (Å²) < 4.78 is 1.89. The molecule has 0 bridgehead atoms. The van der Waals surface area contributed by atoms with Gasteiger partial charge in [0.1, 0.15) is 0 Å². The van der Waals surface area contributed by atoms with Crippen LogP contribution in [0.1, 0.15) is 23.4 Å². The Kier molecular flexibility index (Phi) is 5.39. The molecule has 1 amide bonds. The number of halogens is 1. The lowest BCUT2D eigenvalue weighted by Gasteiger charge is -2.07. The van der Waals surface area contributed by atoms with Crippen LogP contribution in [0.15, 0.2) is 30.3 Å². The Morgan fingerprint density at radius 3 is 2.62 bits per heavy atom. The number of nitrogens with one attached hydrogen (secondary N) is 1. The number of carbonyl (C=O) groups excluding carboxylic acids is 1. The van der Waals surface area contributed by atoms with Crippen LogP contribution < -0.4 is 5.32 Å². The van der Waals surface area contributed by atoms with Gasteiger partial charge in [0.05, 0.1) is 22.8 Å². The van der Waals surface area contributed by atoms with Crippen LogP contribution >= 0.6 is 11.6 Å². The Bertz CT molecular complexity index is 607. The van der Waals surface area contributed by atoms with E-state index in [2.05, 4.69) is 10.4 Å². The number of amides is 1. The number of aryl methyl sites for hydroxylation is 2. The summed E-state index contributed by atoms with van der Waals surface area (Å²) in [5.74, 6) is 0.0487. The fraction of sp³-hybridized carbons (Fsp3) is 0.375. The predicted octanol–water partition coefficient (Wildman–Crippen LogP) is 2.90. The largest absolute Gasteiger partial charge is 0.356 e. The summed E-state index contributed by atoms with van der Waals surface area (Å²) in [6, 6.07) is 9.74. The van der Waals surface area contributed by atoms with Gasteiger partial charge in [-0.2, -0.15) is 5.10 Å². The fourth-order valence-electron chi connectivity index (χ4n) is 2.19. The van der Waals surface area contributed by atoms with E-state index < -0.39 is 0 Å². The quantitative estimate of drug-likeness (QED) is 0.834. The molecule has 112 valence electrons. The first-order chi connectivity index (χ1) is 10.1. The third-order valence-corrected chi connectivity index (χ3v) is 3.92. The van der Waals surface area contributed by atoms with Crippen LogP contribution in [0.5, 0.6) is 0 Å². The SMILES string of the molecule is Cc1nn(CCCNC(=O)Cc2ccccc2)c(C)c1Cl. The Morgan fingerprint density at radius 1 is 1.29 bits per heavy atom. The van der Waals surface area contributed by atoms with Crippen LogP contribution in [-0.2, 0) is 17.8 Å². The molecule has 21 heavy (non-hydrogen) atoms. The third kappa shape index (κ3) is 4.33. The van der Waals surface area contributed by atoms with E-state index in [0.717, 1.165) is 34.9 Å². The van der Waals surface area contributed by atoms with Crippen molar-refractivity contribution >= 4 is 17.5 Å². The van der Waals surface area contributed by atoms with Gasteiger partial charge in [-0.25, -0.2) is 0 Å². The van der Waals surface area contributed by atoms with Crippen molar-refractivity contribution in [1.82, 2.24) is 15.1 Å². The molecule has 1 aromatic heterocycles. The van der Waals surface area contributed by atoms with Crippen molar-refractivity contribution in [2.24, 2.45) is 0 Å². The number of nitrogens with zero attached hydrogens (tertiary/aromatic N) is 2. The van der Waals surface area contributed by atoms with E-state index in [0.29, 0.717) is 13.0 Å². The average molecular weight is 306 g/mol. The van der Waals surface area contributed by atoms with Gasteiger partial charge in [0.25, 0.3) is 0 Å². The third-order valence-electron chi connectivity index (χ3n) is 3.37. The van der Waals surface area contributed by atoms with Gasteiger partial charge in [0, 0.05) is 13.1 Å². The number of hydrogen-bond donors (Lipinski definition) is 1. The normalized spacial score (nSPS) is 10.6. The molecule has 2 rings (SSSR count). The molecule has 5 heteroatoms. The second kappa shape index (κ2) is 7.27. The summed E-state index contributed by atoms with van der Waals surface area (Å²) in [5.41, 5.74) is 2.85. The van der Waals surface area contributed by atoms with Crippen LogP contribution in [0.4, 0.5) is 0 Å². The number of carbonyl (C=O) groups is 1. The van der Waals surface area contributed by atoms with Gasteiger partial charge in [0.2, 0.25) is 5.91 Å². The Morgan fingerprint density at radius 2 is 2.00 bits per heavy atom. The predicted molar refractivity (Wildman–Crippen MR) is 84.5 cm³/mol. The summed E-state index contributed by atoms with van der Waals surface area (Å²) in [4.78, 5) is 11.8. The molecular weight excluding hydrogens is 286 g/mol. The minimum absolute atomic E-state index is 0.0487. The lowest BCUT2D eigenvalue weighted by atomic mass is 10.1. The maximum Gasteiger partial charge on any atom is 0.224 e. The Balaban J connectivity index is 1.72. The lowest BCUT2D eigenvalue weighted by molar-refractivity contribution is -0.120. The first kappa shape index (κ1) is 15.6. The minimum atomic E-state index is 0.0487. The van der Waals surface area contributed by atoms with E-state index in [9.17, 15) is 4.79 Å². The Labute approximate surface area is 130 Å². The topological polar surface area (TPSA) is 46.9 Å². The highest BCUT2D eigenvalue weighted by Crippen LogP contribution is 2.18. The van der Waals surface area contributed by atoms with Crippen LogP contribution in [-0.4, -0.2) is 22.2 Å². The molecule has 0 aliphatic rings. The first-order valence-corrected chi connectivity index (χ1v) is 7.46. The highest BCUT2D eigenvalue weighted by molar-refractivity contribution is 6.31. The molecule has 4 nitrogen and oxygen atoms in total. The van der Waals surface area contributed by atoms with Gasteiger partial charge >= 0.3 is 0 Å². The molecule has 0 aliphatic carbocycles. The summed E-state index contributed by atoms with van der Waals surface area (Å²) in [7, 11) is 0. The van der Waals surface area contributed by atoms with Gasteiger partial charge in [-0.3, -0.25) is 9.48 Å². The second-order valence-corrected chi connectivity index (χ2v) is 5.45. The van der Waals surface area contributed by atoms with Gasteiger partial charge in [0.15, 0.2) is 0 Å². The summed E-state index contributed by atoms with van der Waals surface area (Å²) in [6.07, 6.45) is 1.26. The molecule has 0 radical (unpaired) electrons. The zero-order valence-corrected chi connectivity index (χ0v) is 13.2. The smallest absolute Gasteiger partial charge is 0.224 e. The van der Waals surface area contributed by atoms with Gasteiger partial charge in [-0.05, 0) is 25.8 Å². The number of hydrogen-bond acceptors (Lipinski definition) is 2. The monoisotopic (exact) mass is 305 g/mol. The molecule has 1 N–H and O–H groups in total. The van der Waals surface area contributed by atoms with Crippen molar-refractivity contribution in [3.8, 4) is 0 Å². The van der Waals surface area contributed by atoms with Gasteiger partial charge in [-0.1, -0.05) is 41.9 Å². The number of rotatable bonds is 6. The summed E-state index contributed by atoms with van der Waals surface area (Å²) in [5, 5.41) is 8.02. The van der Waals surface area contributed by atoms with E-state index in [1.54, 1.807) is 0 Å². The second-order valence-electron chi connectivity index (χ2n) is 5.07. The molecule has 0 saturated carbocycles. The lowest BCUT2D eigenvalue weighted by Crippen LogP contribution is -2.27. The molecule has 0 atom stereocenters. The average Bonchev–Trinajstić information content (AvgIpc) is 2.72. The van der Waals surface area contributed by atoms with E-state index >= 15 is 0 Å². The van der Waals surface area contributed by atoms with E-state index in [1.807, 2.05) is 48.9 Å². The van der Waals surface area contributed by atoms with Gasteiger partial charge < -0.3 is 5.32 Å². The number of aromatic nitrogens is 2. The number of benzene rings is 1. The maximum absolute atomic E-state index is 11.8. The van der Waals surface area contributed by atoms with Crippen molar-refractivity contribution < 1.29 is 4.79 Å². The van der Waals surface area contributed by atoms with Crippen LogP contribution in [0.25, 0.3) is 0 Å². The molecular formula is C16H20ClN3O. The molecule has 0 unspecified atom stereocenters. The molecule has 0 spiro atoms. The minimum Gasteiger partial charge on any atom is -0.356 e. The van der Waals surface area contributed by atoms with Crippen LogP contribution in [0.3, 0.4) is 0 Å². The van der Waals surface area contributed by atoms with Crippen LogP contribution in [0.2, 0.25) is 5.02 Å². The zero-order chi connectivity index (χ0) is 15.2. The van der Waals surface area contributed by atoms with Crippen molar-refractivity contribution in [1.29, 1.82) is 0 Å². The molecule has 2 aromatic rings. The van der Waals surface area contributed by atoms with Crippen LogP contribution in [0, 0.1) is 13.8 Å². The van der Waals surface area contributed by atoms with Crippen molar-refractivity contribution in [3.63, 3.8) is 0 Å². The van der Waals surface area contributed by atoms with Crippen molar-refractivity contribution in [2.45, 2.75) is 33.2 Å². The Hall–Kier alpha value is -1.81. The molecule has 0 saturated heterocycles. The first-order valence-electron chi connectivity index (χ1n) is 7.08. The summed E-state index contributed by atoms with van der Waals surface area (Å²) >= 11 is 6.10. The van der Waals surface area contributed by atoms with E-state index in [-0.39, 0.29) is 5.91 Å². The highest BCUT2D eigenvalue weighted by Gasteiger charge is 2.08.